The number of rotatable bonds is 4. The third-order valence-electron chi connectivity index (χ3n) is 4.26. The van der Waals surface area contributed by atoms with Crippen molar-refractivity contribution in [2.24, 2.45) is 0 Å². The molecule has 0 radical (unpaired) electrons. The highest BCUT2D eigenvalue weighted by molar-refractivity contribution is 6.33. The molecule has 0 saturated carbocycles. The first-order valence-electron chi connectivity index (χ1n) is 8.59. The van der Waals surface area contributed by atoms with Crippen LogP contribution in [0, 0.1) is 5.82 Å². The molecule has 1 atom stereocenters. The number of hydrogen-bond acceptors (Lipinski definition) is 3. The summed E-state index contributed by atoms with van der Waals surface area (Å²) in [4.78, 5) is 24.8. The number of halogens is 5. The number of nitrogens with one attached hydrogen (secondary N) is 1. The lowest BCUT2D eigenvalue weighted by Crippen LogP contribution is -2.33. The SMILES string of the molecule is CC(C(=O)Nc1cc(C(F)(F)F)ccc1Cl)n1nc(-c2ccc(F)cc2)ccc1=O. The molecule has 10 heteroatoms. The number of hydrogen-bond donors (Lipinski definition) is 1. The first kappa shape index (κ1) is 21.5. The van der Waals surface area contributed by atoms with Crippen LogP contribution in [-0.4, -0.2) is 15.7 Å². The van der Waals surface area contributed by atoms with E-state index >= 15 is 0 Å². The zero-order valence-electron chi connectivity index (χ0n) is 15.4. The van der Waals surface area contributed by atoms with Gasteiger partial charge in [-0.3, -0.25) is 9.59 Å². The van der Waals surface area contributed by atoms with Crippen molar-refractivity contribution >= 4 is 23.2 Å². The van der Waals surface area contributed by atoms with Gasteiger partial charge in [0.1, 0.15) is 11.9 Å². The first-order chi connectivity index (χ1) is 14.1. The Kier molecular flexibility index (Phi) is 5.93. The summed E-state index contributed by atoms with van der Waals surface area (Å²) in [6.45, 7) is 1.36. The quantitative estimate of drug-likeness (QED) is 0.587. The fourth-order valence-corrected chi connectivity index (χ4v) is 2.79. The monoisotopic (exact) mass is 439 g/mol. The predicted molar refractivity (Wildman–Crippen MR) is 104 cm³/mol. The molecule has 0 bridgehead atoms. The van der Waals surface area contributed by atoms with E-state index in [1.807, 2.05) is 0 Å². The van der Waals surface area contributed by atoms with E-state index in [-0.39, 0.29) is 10.7 Å². The van der Waals surface area contributed by atoms with E-state index < -0.39 is 35.1 Å². The first-order valence-corrected chi connectivity index (χ1v) is 8.97. The standard InChI is InChI=1S/C20H14ClF4N3O2/c1-11(19(30)26-17-10-13(20(23,24)25)4-7-15(17)21)28-18(29)9-8-16(27-28)12-2-5-14(22)6-3-12/h2-11H,1H3,(H,26,30). The maximum Gasteiger partial charge on any atom is 0.416 e. The van der Waals surface area contributed by atoms with Gasteiger partial charge in [-0.25, -0.2) is 9.07 Å². The Hall–Kier alpha value is -3.20. The topological polar surface area (TPSA) is 64.0 Å². The Morgan fingerprint density at radius 3 is 2.40 bits per heavy atom. The molecule has 1 aromatic heterocycles. The van der Waals surface area contributed by atoms with Crippen molar-refractivity contribution in [1.82, 2.24) is 9.78 Å². The second-order valence-corrected chi connectivity index (χ2v) is 6.77. The Balaban J connectivity index is 1.89. The molecule has 3 aromatic rings. The zero-order chi connectivity index (χ0) is 22.1. The third-order valence-corrected chi connectivity index (χ3v) is 4.59. The van der Waals surface area contributed by atoms with Gasteiger partial charge in [0, 0.05) is 11.6 Å². The summed E-state index contributed by atoms with van der Waals surface area (Å²) < 4.78 is 52.7. The minimum atomic E-state index is -4.61. The average molecular weight is 440 g/mol. The Labute approximate surface area is 172 Å². The minimum Gasteiger partial charge on any atom is -0.323 e. The van der Waals surface area contributed by atoms with Crippen LogP contribution in [0.25, 0.3) is 11.3 Å². The van der Waals surface area contributed by atoms with Crippen LogP contribution in [0.2, 0.25) is 5.02 Å². The molecule has 1 amide bonds. The molecule has 2 aromatic carbocycles. The molecule has 1 heterocycles. The van der Waals surface area contributed by atoms with Crippen LogP contribution in [0.5, 0.6) is 0 Å². The number of benzene rings is 2. The molecule has 156 valence electrons. The molecule has 0 aliphatic rings. The lowest BCUT2D eigenvalue weighted by molar-refractivity contribution is -0.137. The van der Waals surface area contributed by atoms with Gasteiger partial charge in [-0.2, -0.15) is 18.3 Å². The smallest absolute Gasteiger partial charge is 0.323 e. The van der Waals surface area contributed by atoms with Crippen molar-refractivity contribution in [3.8, 4) is 11.3 Å². The van der Waals surface area contributed by atoms with E-state index in [0.29, 0.717) is 17.3 Å². The van der Waals surface area contributed by atoms with Gasteiger partial charge in [0.2, 0.25) is 5.91 Å². The van der Waals surface area contributed by atoms with Gasteiger partial charge < -0.3 is 5.32 Å². The number of anilines is 1. The van der Waals surface area contributed by atoms with Gasteiger partial charge in [0.15, 0.2) is 0 Å². The molecule has 1 N–H and O–H groups in total. The van der Waals surface area contributed by atoms with E-state index in [0.717, 1.165) is 16.8 Å². The van der Waals surface area contributed by atoms with Gasteiger partial charge >= 0.3 is 6.18 Å². The lowest BCUT2D eigenvalue weighted by atomic mass is 10.1. The van der Waals surface area contributed by atoms with Crippen molar-refractivity contribution < 1.29 is 22.4 Å². The molecule has 3 rings (SSSR count). The molecule has 5 nitrogen and oxygen atoms in total. The number of aromatic nitrogens is 2. The zero-order valence-corrected chi connectivity index (χ0v) is 16.1. The van der Waals surface area contributed by atoms with Gasteiger partial charge in [0.25, 0.3) is 5.56 Å². The minimum absolute atomic E-state index is 0.0936. The number of carbonyl (C=O) groups is 1. The molecule has 0 fully saturated rings. The number of nitrogens with zero attached hydrogens (tertiary/aromatic N) is 2. The second kappa shape index (κ2) is 8.27. The highest BCUT2D eigenvalue weighted by atomic mass is 35.5. The van der Waals surface area contributed by atoms with E-state index in [1.165, 1.54) is 43.3 Å². The van der Waals surface area contributed by atoms with Crippen molar-refractivity contribution in [1.29, 1.82) is 0 Å². The maximum absolute atomic E-state index is 13.1. The summed E-state index contributed by atoms with van der Waals surface area (Å²) in [6.07, 6.45) is -4.61. The summed E-state index contributed by atoms with van der Waals surface area (Å²) in [5, 5.41) is 6.32. The number of alkyl halides is 3. The van der Waals surface area contributed by atoms with Crippen molar-refractivity contribution in [3.05, 3.63) is 81.4 Å². The van der Waals surface area contributed by atoms with Crippen LogP contribution < -0.4 is 10.9 Å². The molecule has 30 heavy (non-hydrogen) atoms. The lowest BCUT2D eigenvalue weighted by Gasteiger charge is -2.16. The molecular weight excluding hydrogens is 426 g/mol. The molecule has 0 spiro atoms. The number of amides is 1. The van der Waals surface area contributed by atoms with Crippen molar-refractivity contribution in [2.75, 3.05) is 5.32 Å². The summed E-state index contributed by atoms with van der Waals surface area (Å²) in [6, 6.07) is 9.31. The van der Waals surface area contributed by atoms with Crippen LogP contribution in [0.3, 0.4) is 0 Å². The fraction of sp³-hybridized carbons (Fsp3) is 0.150. The van der Waals surface area contributed by atoms with Gasteiger partial charge in [-0.05, 0) is 55.5 Å². The molecule has 0 aliphatic heterocycles. The van der Waals surface area contributed by atoms with Crippen LogP contribution in [0.1, 0.15) is 18.5 Å². The summed E-state index contributed by atoms with van der Waals surface area (Å²) >= 11 is 5.89. The normalized spacial score (nSPS) is 12.5. The van der Waals surface area contributed by atoms with Crippen molar-refractivity contribution in [3.63, 3.8) is 0 Å². The average Bonchev–Trinajstić information content (AvgIpc) is 2.69. The fourth-order valence-electron chi connectivity index (χ4n) is 2.62. The summed E-state index contributed by atoms with van der Waals surface area (Å²) in [5.41, 5.74) is -1.00. The van der Waals surface area contributed by atoms with Crippen molar-refractivity contribution in [2.45, 2.75) is 19.1 Å². The Morgan fingerprint density at radius 2 is 1.77 bits per heavy atom. The van der Waals surface area contributed by atoms with Crippen LogP contribution in [0.4, 0.5) is 23.2 Å². The summed E-state index contributed by atoms with van der Waals surface area (Å²) in [7, 11) is 0. The van der Waals surface area contributed by atoms with E-state index in [9.17, 15) is 27.2 Å². The largest absolute Gasteiger partial charge is 0.416 e. The molecule has 0 saturated heterocycles. The predicted octanol–water partition coefficient (Wildman–Crippen LogP) is 4.92. The van der Waals surface area contributed by atoms with Gasteiger partial charge in [-0.15, -0.1) is 0 Å². The van der Waals surface area contributed by atoms with E-state index in [1.54, 1.807) is 0 Å². The van der Waals surface area contributed by atoms with Crippen LogP contribution >= 0.6 is 11.6 Å². The van der Waals surface area contributed by atoms with E-state index in [4.69, 9.17) is 11.6 Å². The summed E-state index contributed by atoms with van der Waals surface area (Å²) in [5.74, 6) is -1.24. The van der Waals surface area contributed by atoms with E-state index in [2.05, 4.69) is 10.4 Å². The molecule has 1 unspecified atom stereocenters. The second-order valence-electron chi connectivity index (χ2n) is 6.37. The third kappa shape index (κ3) is 4.68. The van der Waals surface area contributed by atoms with Gasteiger partial charge in [0.05, 0.1) is 22.0 Å². The Bertz CT molecular complexity index is 1140. The highest BCUT2D eigenvalue weighted by Gasteiger charge is 2.31. The van der Waals surface area contributed by atoms with Crippen LogP contribution in [0.15, 0.2) is 59.4 Å². The van der Waals surface area contributed by atoms with Crippen LogP contribution in [-0.2, 0) is 11.0 Å². The number of carbonyl (C=O) groups excluding carboxylic acids is 1. The maximum atomic E-state index is 13.1. The highest BCUT2D eigenvalue weighted by Crippen LogP contribution is 2.34. The van der Waals surface area contributed by atoms with Gasteiger partial charge in [-0.1, -0.05) is 11.6 Å². The Morgan fingerprint density at radius 1 is 1.10 bits per heavy atom. The molecule has 0 aliphatic carbocycles. The molecular formula is C20H14ClF4N3O2.